The molecule has 1 atom stereocenters. The fourth-order valence-corrected chi connectivity index (χ4v) is 3.36. The maximum absolute atomic E-state index is 10.6. The second-order valence-corrected chi connectivity index (χ2v) is 6.14. The molecule has 11 heavy (non-hydrogen) atoms. The Morgan fingerprint density at radius 3 is 2.36 bits per heavy atom. The Labute approximate surface area is 68.7 Å². The number of rotatable bonds is 3. The highest BCUT2D eigenvalue weighted by Crippen LogP contribution is 2.21. The van der Waals surface area contributed by atoms with E-state index < -0.39 is 20.8 Å². The lowest BCUT2D eigenvalue weighted by atomic mass is 10.1. The van der Waals surface area contributed by atoms with Gasteiger partial charge in [-0.05, 0) is 12.3 Å². The Balaban J connectivity index is 2.19. The number of hydrogen-bond acceptors (Lipinski definition) is 3. The quantitative estimate of drug-likeness (QED) is 0.633. The molecule has 0 aliphatic carbocycles. The molecule has 1 aliphatic heterocycles. The van der Waals surface area contributed by atoms with Crippen LogP contribution in [-0.2, 0) is 20.8 Å². The highest BCUT2D eigenvalue weighted by atomic mass is 32.2. The first-order chi connectivity index (χ1) is 4.99. The van der Waals surface area contributed by atoms with Crippen molar-refractivity contribution in [2.75, 3.05) is 17.3 Å². The molecule has 0 spiro atoms. The highest BCUT2D eigenvalue weighted by Gasteiger charge is 2.32. The molecule has 0 amide bonds. The van der Waals surface area contributed by atoms with Crippen molar-refractivity contribution < 1.29 is 12.6 Å². The first-order valence-corrected chi connectivity index (χ1v) is 6.53. The topological polar surface area (TPSA) is 77.2 Å². The summed E-state index contributed by atoms with van der Waals surface area (Å²) in [6, 6.07) is 0. The van der Waals surface area contributed by atoms with Gasteiger partial charge in [-0.25, -0.2) is 12.6 Å². The van der Waals surface area contributed by atoms with E-state index in [1.54, 1.807) is 0 Å². The molecule has 0 aromatic rings. The first kappa shape index (κ1) is 9.15. The van der Waals surface area contributed by atoms with Gasteiger partial charge in [0.1, 0.15) is 0 Å². The third-order valence-electron chi connectivity index (χ3n) is 1.71. The van der Waals surface area contributed by atoms with Crippen molar-refractivity contribution in [3.05, 3.63) is 0 Å². The van der Waals surface area contributed by atoms with Crippen LogP contribution in [0, 0.1) is 5.92 Å². The predicted molar refractivity (Wildman–Crippen MR) is 44.0 cm³/mol. The van der Waals surface area contributed by atoms with Crippen LogP contribution in [0.15, 0.2) is 0 Å². The van der Waals surface area contributed by atoms with Crippen LogP contribution in [0.5, 0.6) is 0 Å². The molecule has 6 heteroatoms. The van der Waals surface area contributed by atoms with Crippen molar-refractivity contribution in [3.8, 4) is 0 Å². The predicted octanol–water partition coefficient (Wildman–Crippen LogP) is -0.956. The van der Waals surface area contributed by atoms with Gasteiger partial charge in [-0.2, -0.15) is 0 Å². The lowest BCUT2D eigenvalue weighted by Gasteiger charge is -2.24. The molecule has 1 heterocycles. The second kappa shape index (κ2) is 3.20. The Hall–Kier alpha value is 0.0600. The Morgan fingerprint density at radius 2 is 2.00 bits per heavy atom. The zero-order valence-corrected chi connectivity index (χ0v) is 7.66. The van der Waals surface area contributed by atoms with Crippen molar-refractivity contribution in [1.29, 1.82) is 0 Å². The van der Waals surface area contributed by atoms with Crippen LogP contribution in [0.1, 0.15) is 6.42 Å². The number of nitrogens with two attached hydrogens (primary N) is 1. The van der Waals surface area contributed by atoms with Crippen molar-refractivity contribution in [2.24, 2.45) is 11.1 Å². The summed E-state index contributed by atoms with van der Waals surface area (Å²) in [5.74, 6) is 1.13. The van der Waals surface area contributed by atoms with E-state index in [2.05, 4.69) is 0 Å². The Kier molecular flexibility index (Phi) is 2.66. The number of sulfone groups is 1. The maximum Gasteiger partial charge on any atom is 0.150 e. The van der Waals surface area contributed by atoms with Gasteiger partial charge in [0.2, 0.25) is 0 Å². The zero-order chi connectivity index (χ0) is 8.48. The van der Waals surface area contributed by atoms with Crippen molar-refractivity contribution in [2.45, 2.75) is 6.42 Å². The molecule has 0 aromatic carbocycles. The fraction of sp³-hybridized carbons (Fsp3) is 1.00. The molecule has 0 radical (unpaired) electrons. The van der Waals surface area contributed by atoms with Crippen LogP contribution in [0.3, 0.4) is 0 Å². The summed E-state index contributed by atoms with van der Waals surface area (Å²) in [5, 5.41) is 5.01. The third kappa shape index (κ3) is 2.88. The first-order valence-electron chi connectivity index (χ1n) is 3.33. The normalized spacial score (nSPS) is 25.9. The molecular weight excluding hydrogens is 186 g/mol. The van der Waals surface area contributed by atoms with Gasteiger partial charge in [0.15, 0.2) is 9.84 Å². The summed E-state index contributed by atoms with van der Waals surface area (Å²) < 4.78 is 31.7. The average molecular weight is 197 g/mol. The van der Waals surface area contributed by atoms with Gasteiger partial charge >= 0.3 is 0 Å². The summed E-state index contributed by atoms with van der Waals surface area (Å²) in [6.07, 6.45) is 0.669. The lowest BCUT2D eigenvalue weighted by Crippen LogP contribution is -2.37. The van der Waals surface area contributed by atoms with Gasteiger partial charge < -0.3 is 0 Å². The Morgan fingerprint density at radius 1 is 1.45 bits per heavy atom. The van der Waals surface area contributed by atoms with E-state index >= 15 is 0 Å². The van der Waals surface area contributed by atoms with Gasteiger partial charge in [0, 0.05) is 5.75 Å². The van der Waals surface area contributed by atoms with E-state index in [4.69, 9.17) is 5.14 Å². The molecule has 0 bridgehead atoms. The minimum Gasteiger partial charge on any atom is -0.252 e. The fourth-order valence-electron chi connectivity index (χ4n) is 1.12. The molecule has 1 fully saturated rings. The third-order valence-corrected chi connectivity index (χ3v) is 4.30. The molecule has 1 unspecified atom stereocenters. The lowest BCUT2D eigenvalue weighted by molar-refractivity contribution is 0.513. The molecule has 2 N–H and O–H groups in total. The summed E-state index contributed by atoms with van der Waals surface area (Å²) >= 11 is 0. The van der Waals surface area contributed by atoms with Crippen LogP contribution in [0.25, 0.3) is 0 Å². The average Bonchev–Trinajstić information content (AvgIpc) is 1.78. The minimum atomic E-state index is -2.72. The Bertz CT molecular complexity index is 247. The maximum atomic E-state index is 10.6. The van der Waals surface area contributed by atoms with Gasteiger partial charge in [-0.3, -0.25) is 5.14 Å². The molecule has 1 rings (SSSR count). The SMILES string of the molecule is NS(=O)CCC1CS(=O)(=O)C1. The smallest absolute Gasteiger partial charge is 0.150 e. The molecule has 1 aliphatic rings. The molecule has 4 nitrogen and oxygen atoms in total. The van der Waals surface area contributed by atoms with Crippen LogP contribution in [-0.4, -0.2) is 29.9 Å². The monoisotopic (exact) mass is 197 g/mol. The highest BCUT2D eigenvalue weighted by molar-refractivity contribution is 7.92. The zero-order valence-electron chi connectivity index (χ0n) is 6.02. The van der Waals surface area contributed by atoms with Crippen molar-refractivity contribution in [3.63, 3.8) is 0 Å². The molecular formula is C5H11NO3S2. The van der Waals surface area contributed by atoms with Gasteiger partial charge in [-0.15, -0.1) is 0 Å². The van der Waals surface area contributed by atoms with Crippen LogP contribution in [0.2, 0.25) is 0 Å². The van der Waals surface area contributed by atoms with E-state index in [1.165, 1.54) is 0 Å². The summed E-state index contributed by atoms with van der Waals surface area (Å²) in [7, 11) is -3.99. The van der Waals surface area contributed by atoms with E-state index in [0.717, 1.165) is 0 Å². The van der Waals surface area contributed by atoms with Crippen molar-refractivity contribution >= 4 is 20.8 Å². The van der Waals surface area contributed by atoms with Crippen LogP contribution >= 0.6 is 0 Å². The van der Waals surface area contributed by atoms with E-state index in [9.17, 15) is 12.6 Å². The van der Waals surface area contributed by atoms with Crippen LogP contribution in [0.4, 0.5) is 0 Å². The minimum absolute atomic E-state index is 0.201. The summed E-state index contributed by atoms with van der Waals surface area (Å²) in [6.45, 7) is 0. The van der Waals surface area contributed by atoms with Crippen LogP contribution < -0.4 is 5.14 Å². The number of hydrogen-bond donors (Lipinski definition) is 1. The standard InChI is InChI=1S/C5H11NO3S2/c6-10(7)2-1-5-3-11(8,9)4-5/h5H,1-4,6H2. The summed E-state index contributed by atoms with van der Waals surface area (Å²) in [5.41, 5.74) is 0. The van der Waals surface area contributed by atoms with Crippen molar-refractivity contribution in [1.82, 2.24) is 0 Å². The molecule has 66 valence electrons. The van der Waals surface area contributed by atoms with E-state index in [1.807, 2.05) is 0 Å². The van der Waals surface area contributed by atoms with E-state index in [0.29, 0.717) is 12.2 Å². The van der Waals surface area contributed by atoms with E-state index in [-0.39, 0.29) is 17.4 Å². The molecule has 0 saturated carbocycles. The summed E-state index contributed by atoms with van der Waals surface area (Å²) in [4.78, 5) is 0. The van der Waals surface area contributed by atoms with Gasteiger partial charge in [-0.1, -0.05) is 0 Å². The second-order valence-electron chi connectivity index (χ2n) is 2.82. The molecule has 0 aromatic heterocycles. The van der Waals surface area contributed by atoms with Gasteiger partial charge in [0.05, 0.1) is 22.5 Å². The largest absolute Gasteiger partial charge is 0.252 e. The van der Waals surface area contributed by atoms with Gasteiger partial charge in [0.25, 0.3) is 0 Å². The molecule has 1 saturated heterocycles.